The number of anilines is 2. The van der Waals surface area contributed by atoms with Gasteiger partial charge in [0.2, 0.25) is 0 Å². The number of thiocarbonyl (C=S) groups is 1. The number of hydrogen-bond acceptors (Lipinski definition) is 5. The Morgan fingerprint density at radius 1 is 1.04 bits per heavy atom. The van der Waals surface area contributed by atoms with Crippen LogP contribution in [0, 0.1) is 0 Å². The van der Waals surface area contributed by atoms with Gasteiger partial charge in [0.05, 0.1) is 12.7 Å². The fourth-order valence-corrected chi connectivity index (χ4v) is 2.81. The number of hydrogen-bond donors (Lipinski definition) is 2. The quantitative estimate of drug-likeness (QED) is 0.486. The van der Waals surface area contributed by atoms with E-state index in [2.05, 4.69) is 29.4 Å². The van der Waals surface area contributed by atoms with E-state index in [1.807, 2.05) is 24.3 Å². The first-order chi connectivity index (χ1) is 13.5. The minimum Gasteiger partial charge on any atom is -0.497 e. The minimum absolute atomic E-state index is 0.323. The van der Waals surface area contributed by atoms with E-state index in [1.54, 1.807) is 31.4 Å². The molecule has 2 rings (SSSR count). The van der Waals surface area contributed by atoms with Crippen molar-refractivity contribution in [3.05, 3.63) is 54.1 Å². The summed E-state index contributed by atoms with van der Waals surface area (Å²) in [4.78, 5) is 14.3. The summed E-state index contributed by atoms with van der Waals surface area (Å²) < 4.78 is 10.5. The highest BCUT2D eigenvalue weighted by atomic mass is 32.1. The normalized spacial score (nSPS) is 10.4. The Labute approximate surface area is 171 Å². The zero-order valence-electron chi connectivity index (χ0n) is 16.5. The maximum Gasteiger partial charge on any atom is 0.338 e. The first kappa shape index (κ1) is 21.7. The van der Waals surface area contributed by atoms with E-state index in [9.17, 15) is 4.79 Å². The summed E-state index contributed by atoms with van der Waals surface area (Å²) in [6.07, 6.45) is 0. The second-order valence-electron chi connectivity index (χ2n) is 6.05. The van der Waals surface area contributed by atoms with Gasteiger partial charge in [0, 0.05) is 24.0 Å². The van der Waals surface area contributed by atoms with E-state index >= 15 is 0 Å². The van der Waals surface area contributed by atoms with Crippen LogP contribution in [0.4, 0.5) is 11.4 Å². The van der Waals surface area contributed by atoms with E-state index < -0.39 is 0 Å². The summed E-state index contributed by atoms with van der Waals surface area (Å²) in [6, 6.07) is 14.5. The fraction of sp³-hybridized carbons (Fsp3) is 0.333. The van der Waals surface area contributed by atoms with Crippen LogP contribution < -0.4 is 15.4 Å². The van der Waals surface area contributed by atoms with Crippen LogP contribution in [0.15, 0.2) is 48.5 Å². The molecule has 0 aliphatic heterocycles. The van der Waals surface area contributed by atoms with Crippen LogP contribution in [0.5, 0.6) is 5.75 Å². The van der Waals surface area contributed by atoms with Crippen LogP contribution in [0.1, 0.15) is 24.2 Å². The predicted octanol–water partition coefficient (Wildman–Crippen LogP) is 4.00. The smallest absolute Gasteiger partial charge is 0.338 e. The highest BCUT2D eigenvalue weighted by molar-refractivity contribution is 7.80. The Bertz CT molecular complexity index is 777. The summed E-state index contributed by atoms with van der Waals surface area (Å²) in [7, 11) is 1.62. The number of rotatable bonds is 9. The molecule has 0 heterocycles. The van der Waals surface area contributed by atoms with Crippen LogP contribution in [-0.2, 0) is 4.74 Å². The van der Waals surface area contributed by atoms with Gasteiger partial charge in [-0.3, -0.25) is 0 Å². The summed E-state index contributed by atoms with van der Waals surface area (Å²) in [5.74, 6) is 0.424. The lowest BCUT2D eigenvalue weighted by Gasteiger charge is -2.17. The number of likely N-dealkylation sites (N-methyl/N-ethyl adjacent to an activating group) is 1. The van der Waals surface area contributed by atoms with Crippen molar-refractivity contribution in [2.75, 3.05) is 44.0 Å². The van der Waals surface area contributed by atoms with Gasteiger partial charge in [-0.25, -0.2) is 4.79 Å². The number of ether oxygens (including phenoxy) is 2. The van der Waals surface area contributed by atoms with Crippen LogP contribution >= 0.6 is 12.2 Å². The molecule has 0 saturated heterocycles. The van der Waals surface area contributed by atoms with Crippen molar-refractivity contribution in [2.24, 2.45) is 0 Å². The van der Waals surface area contributed by atoms with Gasteiger partial charge in [0.15, 0.2) is 5.11 Å². The Morgan fingerprint density at radius 3 is 2.36 bits per heavy atom. The van der Waals surface area contributed by atoms with E-state index in [0.717, 1.165) is 36.8 Å². The van der Waals surface area contributed by atoms with Gasteiger partial charge in [-0.1, -0.05) is 19.9 Å². The van der Waals surface area contributed by atoms with E-state index in [1.165, 1.54) is 0 Å². The number of esters is 1. The maximum atomic E-state index is 12.1. The highest BCUT2D eigenvalue weighted by Gasteiger charge is 2.08. The van der Waals surface area contributed by atoms with Crippen molar-refractivity contribution < 1.29 is 14.3 Å². The molecule has 0 bridgehead atoms. The molecule has 0 saturated carbocycles. The summed E-state index contributed by atoms with van der Waals surface area (Å²) in [5.41, 5.74) is 2.11. The predicted molar refractivity (Wildman–Crippen MR) is 117 cm³/mol. The second kappa shape index (κ2) is 11.3. The van der Waals surface area contributed by atoms with Crippen LogP contribution in [-0.4, -0.2) is 49.3 Å². The number of carbonyl (C=O) groups is 1. The van der Waals surface area contributed by atoms with Crippen molar-refractivity contribution in [3.63, 3.8) is 0 Å². The molecule has 6 nitrogen and oxygen atoms in total. The molecule has 0 amide bonds. The zero-order chi connectivity index (χ0) is 20.4. The molecule has 0 unspecified atom stereocenters. The zero-order valence-corrected chi connectivity index (χ0v) is 17.3. The Hall–Kier alpha value is -2.64. The number of nitrogens with zero attached hydrogens (tertiary/aromatic N) is 1. The maximum absolute atomic E-state index is 12.1. The molecule has 0 atom stereocenters. The minimum atomic E-state index is -0.323. The number of nitrogens with one attached hydrogen (secondary N) is 2. The van der Waals surface area contributed by atoms with Crippen LogP contribution in [0.2, 0.25) is 0 Å². The van der Waals surface area contributed by atoms with Crippen molar-refractivity contribution in [2.45, 2.75) is 13.8 Å². The van der Waals surface area contributed by atoms with Crippen molar-refractivity contribution in [1.29, 1.82) is 0 Å². The molecule has 7 heteroatoms. The Kier molecular flexibility index (Phi) is 8.71. The summed E-state index contributed by atoms with van der Waals surface area (Å²) >= 11 is 5.33. The molecule has 0 radical (unpaired) electrons. The standard InChI is InChI=1S/C21H27N3O3S/c1-4-24(5-2)13-14-27-20(25)16-9-11-17(12-10-16)22-21(28)23-18-7-6-8-19(15-18)26-3/h6-12,15H,4-5,13-14H2,1-3H3,(H2,22,23,28). The molecule has 2 aromatic carbocycles. The molecule has 0 aliphatic rings. The summed E-state index contributed by atoms with van der Waals surface area (Å²) in [5, 5.41) is 6.63. The van der Waals surface area contributed by atoms with Gasteiger partial charge in [-0.2, -0.15) is 0 Å². The first-order valence-electron chi connectivity index (χ1n) is 9.27. The molecule has 0 aromatic heterocycles. The van der Waals surface area contributed by atoms with Crippen molar-refractivity contribution in [3.8, 4) is 5.75 Å². The SMILES string of the molecule is CCN(CC)CCOC(=O)c1ccc(NC(=S)Nc2cccc(OC)c2)cc1. The van der Waals surface area contributed by atoms with E-state index in [0.29, 0.717) is 17.3 Å². The topological polar surface area (TPSA) is 62.8 Å². The molecule has 150 valence electrons. The van der Waals surface area contributed by atoms with Crippen molar-refractivity contribution >= 4 is 34.7 Å². The summed E-state index contributed by atoms with van der Waals surface area (Å²) in [6.45, 7) is 7.18. The average molecular weight is 402 g/mol. The molecule has 0 fully saturated rings. The van der Waals surface area contributed by atoms with Crippen molar-refractivity contribution in [1.82, 2.24) is 4.90 Å². The molecule has 0 aliphatic carbocycles. The monoisotopic (exact) mass is 401 g/mol. The van der Waals surface area contributed by atoms with Gasteiger partial charge in [-0.15, -0.1) is 0 Å². The van der Waals surface area contributed by atoms with E-state index in [4.69, 9.17) is 21.7 Å². The second-order valence-corrected chi connectivity index (χ2v) is 6.46. The molecule has 2 N–H and O–H groups in total. The first-order valence-corrected chi connectivity index (χ1v) is 9.68. The lowest BCUT2D eigenvalue weighted by Crippen LogP contribution is -2.27. The molecule has 2 aromatic rings. The lowest BCUT2D eigenvalue weighted by molar-refractivity contribution is 0.0466. The average Bonchev–Trinajstić information content (AvgIpc) is 2.71. The third-order valence-electron chi connectivity index (χ3n) is 4.24. The Balaban J connectivity index is 1.84. The van der Waals surface area contributed by atoms with Crippen LogP contribution in [0.3, 0.4) is 0 Å². The number of methoxy groups -OCH3 is 1. The molecule has 28 heavy (non-hydrogen) atoms. The van der Waals surface area contributed by atoms with Gasteiger partial charge in [0.25, 0.3) is 0 Å². The highest BCUT2D eigenvalue weighted by Crippen LogP contribution is 2.17. The van der Waals surface area contributed by atoms with Gasteiger partial charge < -0.3 is 25.0 Å². The number of benzene rings is 2. The largest absolute Gasteiger partial charge is 0.497 e. The Morgan fingerprint density at radius 2 is 1.71 bits per heavy atom. The lowest BCUT2D eigenvalue weighted by atomic mass is 10.2. The number of carbonyl (C=O) groups excluding carboxylic acids is 1. The van der Waals surface area contributed by atoms with Crippen LogP contribution in [0.25, 0.3) is 0 Å². The molecular weight excluding hydrogens is 374 g/mol. The third kappa shape index (κ3) is 6.83. The third-order valence-corrected chi connectivity index (χ3v) is 4.45. The molecule has 0 spiro atoms. The molecular formula is C21H27N3O3S. The fourth-order valence-electron chi connectivity index (χ4n) is 2.57. The van der Waals surface area contributed by atoms with Gasteiger partial charge in [0.1, 0.15) is 12.4 Å². The van der Waals surface area contributed by atoms with Gasteiger partial charge >= 0.3 is 5.97 Å². The van der Waals surface area contributed by atoms with E-state index in [-0.39, 0.29) is 5.97 Å². The van der Waals surface area contributed by atoms with Gasteiger partial charge in [-0.05, 0) is 61.7 Å².